The quantitative estimate of drug-likeness (QED) is 0.783. The zero-order valence-electron chi connectivity index (χ0n) is 8.10. The van der Waals surface area contributed by atoms with Crippen molar-refractivity contribution >= 4 is 26.8 Å². The maximum absolute atomic E-state index is 3.71. The molecular formula is C12H12BrN. The van der Waals surface area contributed by atoms with Crippen LogP contribution in [0.1, 0.15) is 30.0 Å². The largest absolute Gasteiger partial charge is 0.357 e. The van der Waals surface area contributed by atoms with Gasteiger partial charge in [0.2, 0.25) is 0 Å². The van der Waals surface area contributed by atoms with Gasteiger partial charge in [-0.1, -0.05) is 12.1 Å². The zero-order valence-corrected chi connectivity index (χ0v) is 9.69. The topological polar surface area (TPSA) is 15.8 Å². The fourth-order valence-electron chi connectivity index (χ4n) is 2.05. The molecule has 2 aromatic rings. The lowest BCUT2D eigenvalue weighted by Crippen LogP contribution is -1.77. The molecule has 14 heavy (non-hydrogen) atoms. The first kappa shape index (κ1) is 8.54. The van der Waals surface area contributed by atoms with E-state index in [1.807, 2.05) is 0 Å². The molecule has 1 heterocycles. The van der Waals surface area contributed by atoms with E-state index in [0.717, 1.165) is 5.92 Å². The lowest BCUT2D eigenvalue weighted by molar-refractivity contribution is 1.05. The van der Waals surface area contributed by atoms with Gasteiger partial charge in [-0.2, -0.15) is 0 Å². The second-order valence-corrected chi connectivity index (χ2v) is 4.92. The van der Waals surface area contributed by atoms with Crippen LogP contribution in [0.3, 0.4) is 0 Å². The minimum absolute atomic E-state index is 0.774. The molecule has 0 aliphatic heterocycles. The zero-order chi connectivity index (χ0) is 9.71. The Bertz CT molecular complexity index is 494. The summed E-state index contributed by atoms with van der Waals surface area (Å²) in [5, 5.41) is 1.36. The number of fused-ring (bicyclic) bond motifs is 1. The lowest BCUT2D eigenvalue weighted by atomic mass is 10.1. The van der Waals surface area contributed by atoms with Gasteiger partial charge in [-0.15, -0.1) is 0 Å². The summed E-state index contributed by atoms with van der Waals surface area (Å²) in [7, 11) is 0. The van der Waals surface area contributed by atoms with Crippen molar-refractivity contribution in [1.29, 1.82) is 0 Å². The number of hydrogen-bond donors (Lipinski definition) is 1. The number of benzene rings is 1. The molecule has 0 radical (unpaired) electrons. The van der Waals surface area contributed by atoms with Crippen molar-refractivity contribution in [3.8, 4) is 0 Å². The molecule has 0 bridgehead atoms. The van der Waals surface area contributed by atoms with E-state index in [-0.39, 0.29) is 0 Å². The SMILES string of the molecule is Cc1cccc2[nH]c(C3CC3)c(Br)c12. The first-order valence-electron chi connectivity index (χ1n) is 5.04. The maximum atomic E-state index is 3.71. The van der Waals surface area contributed by atoms with Crippen LogP contribution >= 0.6 is 15.9 Å². The third-order valence-electron chi connectivity index (χ3n) is 2.98. The molecule has 1 fully saturated rings. The van der Waals surface area contributed by atoms with Crippen molar-refractivity contribution in [2.75, 3.05) is 0 Å². The van der Waals surface area contributed by atoms with Crippen LogP contribution in [-0.4, -0.2) is 4.98 Å². The van der Waals surface area contributed by atoms with Crippen LogP contribution < -0.4 is 0 Å². The fraction of sp³-hybridized carbons (Fsp3) is 0.333. The Balaban J connectivity index is 2.34. The van der Waals surface area contributed by atoms with Crippen molar-refractivity contribution in [3.63, 3.8) is 0 Å². The highest BCUT2D eigenvalue weighted by atomic mass is 79.9. The molecular weight excluding hydrogens is 238 g/mol. The Labute approximate surface area is 91.6 Å². The monoisotopic (exact) mass is 249 g/mol. The summed E-state index contributed by atoms with van der Waals surface area (Å²) in [6.45, 7) is 2.16. The van der Waals surface area contributed by atoms with Crippen molar-refractivity contribution in [1.82, 2.24) is 4.98 Å². The Morgan fingerprint density at radius 3 is 2.79 bits per heavy atom. The average Bonchev–Trinajstić information content (AvgIpc) is 2.93. The van der Waals surface area contributed by atoms with Crippen molar-refractivity contribution in [2.24, 2.45) is 0 Å². The van der Waals surface area contributed by atoms with E-state index >= 15 is 0 Å². The first-order chi connectivity index (χ1) is 6.77. The Morgan fingerprint density at radius 2 is 2.14 bits per heavy atom. The number of hydrogen-bond acceptors (Lipinski definition) is 0. The maximum Gasteiger partial charge on any atom is 0.0470 e. The van der Waals surface area contributed by atoms with Crippen LogP contribution in [0.15, 0.2) is 22.7 Å². The van der Waals surface area contributed by atoms with E-state index in [9.17, 15) is 0 Å². The van der Waals surface area contributed by atoms with Crippen LogP contribution in [0.5, 0.6) is 0 Å². The van der Waals surface area contributed by atoms with Gasteiger partial charge in [-0.05, 0) is 47.3 Å². The van der Waals surface area contributed by atoms with Gasteiger partial charge in [-0.25, -0.2) is 0 Å². The highest BCUT2D eigenvalue weighted by molar-refractivity contribution is 9.10. The standard InChI is InChI=1S/C12H12BrN/c1-7-3-2-4-9-10(7)11(13)12(14-9)8-5-6-8/h2-4,8,14H,5-6H2,1H3. The summed E-state index contributed by atoms with van der Waals surface area (Å²) in [6, 6.07) is 6.42. The first-order valence-corrected chi connectivity index (χ1v) is 5.83. The summed E-state index contributed by atoms with van der Waals surface area (Å²) in [4.78, 5) is 3.52. The Hall–Kier alpha value is -0.760. The molecule has 0 unspecified atom stereocenters. The highest BCUT2D eigenvalue weighted by Crippen LogP contribution is 2.45. The molecule has 1 saturated carbocycles. The molecule has 0 atom stereocenters. The van der Waals surface area contributed by atoms with E-state index in [1.54, 1.807) is 0 Å². The van der Waals surface area contributed by atoms with Gasteiger partial charge in [0, 0.05) is 27.0 Å². The van der Waals surface area contributed by atoms with Gasteiger partial charge in [0.25, 0.3) is 0 Å². The second kappa shape index (κ2) is 2.86. The van der Waals surface area contributed by atoms with E-state index < -0.39 is 0 Å². The third kappa shape index (κ3) is 1.13. The molecule has 3 rings (SSSR count). The third-order valence-corrected chi connectivity index (χ3v) is 3.81. The molecule has 1 nitrogen and oxygen atoms in total. The van der Waals surface area contributed by atoms with Crippen LogP contribution in [0.25, 0.3) is 10.9 Å². The summed E-state index contributed by atoms with van der Waals surface area (Å²) in [6.07, 6.45) is 2.68. The Morgan fingerprint density at radius 1 is 1.36 bits per heavy atom. The van der Waals surface area contributed by atoms with Gasteiger partial charge < -0.3 is 4.98 Å². The lowest BCUT2D eigenvalue weighted by Gasteiger charge is -1.95. The van der Waals surface area contributed by atoms with Gasteiger partial charge >= 0.3 is 0 Å². The molecule has 2 heteroatoms. The molecule has 1 aromatic carbocycles. The Kier molecular flexibility index (Phi) is 1.75. The second-order valence-electron chi connectivity index (χ2n) is 4.12. The minimum atomic E-state index is 0.774. The normalized spacial score (nSPS) is 16.4. The smallest absolute Gasteiger partial charge is 0.0470 e. The summed E-state index contributed by atoms with van der Waals surface area (Å²) < 4.78 is 1.29. The van der Waals surface area contributed by atoms with Gasteiger partial charge in [0.15, 0.2) is 0 Å². The van der Waals surface area contributed by atoms with Crippen LogP contribution in [0, 0.1) is 6.92 Å². The number of aromatic nitrogens is 1. The van der Waals surface area contributed by atoms with Gasteiger partial charge in [0.1, 0.15) is 0 Å². The minimum Gasteiger partial charge on any atom is -0.357 e. The van der Waals surface area contributed by atoms with E-state index in [2.05, 4.69) is 46.0 Å². The van der Waals surface area contributed by atoms with Crippen molar-refractivity contribution in [2.45, 2.75) is 25.7 Å². The predicted octanol–water partition coefficient (Wildman–Crippen LogP) is 4.12. The molecule has 1 aliphatic rings. The van der Waals surface area contributed by atoms with Crippen molar-refractivity contribution in [3.05, 3.63) is 33.9 Å². The number of nitrogens with one attached hydrogen (secondary N) is 1. The summed E-state index contributed by atoms with van der Waals surface area (Å²) in [5.74, 6) is 0.774. The summed E-state index contributed by atoms with van der Waals surface area (Å²) in [5.41, 5.74) is 4.01. The molecule has 1 N–H and O–H groups in total. The predicted molar refractivity (Wildman–Crippen MR) is 62.7 cm³/mol. The fourth-order valence-corrected chi connectivity index (χ4v) is 3.00. The van der Waals surface area contributed by atoms with E-state index in [0.29, 0.717) is 0 Å². The summed E-state index contributed by atoms with van der Waals surface area (Å²) >= 11 is 3.71. The van der Waals surface area contributed by atoms with Gasteiger partial charge in [-0.3, -0.25) is 0 Å². The molecule has 0 spiro atoms. The molecule has 0 saturated heterocycles. The number of aryl methyl sites for hydroxylation is 1. The van der Waals surface area contributed by atoms with E-state index in [1.165, 1.54) is 39.5 Å². The number of H-pyrrole nitrogens is 1. The van der Waals surface area contributed by atoms with Crippen LogP contribution in [0.4, 0.5) is 0 Å². The van der Waals surface area contributed by atoms with Crippen molar-refractivity contribution < 1.29 is 0 Å². The average molecular weight is 250 g/mol. The van der Waals surface area contributed by atoms with Gasteiger partial charge in [0.05, 0.1) is 0 Å². The highest BCUT2D eigenvalue weighted by Gasteiger charge is 2.28. The number of rotatable bonds is 1. The van der Waals surface area contributed by atoms with Crippen LogP contribution in [0.2, 0.25) is 0 Å². The van der Waals surface area contributed by atoms with Crippen LogP contribution in [-0.2, 0) is 0 Å². The number of halogens is 1. The molecule has 0 amide bonds. The number of aromatic amines is 1. The molecule has 72 valence electrons. The van der Waals surface area contributed by atoms with E-state index in [4.69, 9.17) is 0 Å². The molecule has 1 aliphatic carbocycles. The molecule has 1 aromatic heterocycles.